The normalized spacial score (nSPS) is 12.6. The molecule has 0 saturated carbocycles. The lowest BCUT2D eigenvalue weighted by Crippen LogP contribution is -2.29. The lowest BCUT2D eigenvalue weighted by Gasteiger charge is -2.25. The van der Waals surface area contributed by atoms with Gasteiger partial charge in [0.15, 0.2) is 0 Å². The van der Waals surface area contributed by atoms with Crippen molar-refractivity contribution in [3.8, 4) is 6.07 Å². The van der Waals surface area contributed by atoms with E-state index in [1.165, 1.54) is 12.1 Å². The van der Waals surface area contributed by atoms with E-state index in [1.807, 2.05) is 13.8 Å². The number of fused-ring (bicyclic) bond motifs is 1. The standard InChI is InChI=1S/C16H17F3N2O/c1-10-7-12-13(21(10)9-15(2,3)22-4)6-5-11(8-20)14(12)16(17,18)19/h5-7H,9H2,1-4H3. The number of nitriles is 1. The van der Waals surface area contributed by atoms with E-state index in [9.17, 15) is 13.2 Å². The molecule has 0 bridgehead atoms. The molecule has 2 rings (SSSR count). The Morgan fingerprint density at radius 1 is 1.27 bits per heavy atom. The van der Waals surface area contributed by atoms with Gasteiger partial charge < -0.3 is 9.30 Å². The second-order valence-corrected chi connectivity index (χ2v) is 5.87. The average Bonchev–Trinajstić information content (AvgIpc) is 2.72. The summed E-state index contributed by atoms with van der Waals surface area (Å²) in [6, 6.07) is 5.89. The highest BCUT2D eigenvalue weighted by atomic mass is 19.4. The molecule has 0 atom stereocenters. The van der Waals surface area contributed by atoms with Gasteiger partial charge in [0.05, 0.1) is 29.3 Å². The van der Waals surface area contributed by atoms with Crippen LogP contribution in [-0.4, -0.2) is 17.3 Å². The highest BCUT2D eigenvalue weighted by Crippen LogP contribution is 2.38. The first-order valence-corrected chi connectivity index (χ1v) is 6.76. The van der Waals surface area contributed by atoms with Crippen LogP contribution in [0.2, 0.25) is 0 Å². The van der Waals surface area contributed by atoms with Crippen molar-refractivity contribution in [2.45, 2.75) is 39.1 Å². The zero-order chi connectivity index (χ0) is 16.7. The maximum atomic E-state index is 13.3. The van der Waals surface area contributed by atoms with Gasteiger partial charge in [-0.2, -0.15) is 18.4 Å². The molecule has 6 heteroatoms. The first-order chi connectivity index (χ1) is 10.1. The Morgan fingerprint density at radius 2 is 1.91 bits per heavy atom. The summed E-state index contributed by atoms with van der Waals surface area (Å²) >= 11 is 0. The Kier molecular flexibility index (Phi) is 3.96. The van der Waals surface area contributed by atoms with Crippen molar-refractivity contribution < 1.29 is 17.9 Å². The lowest BCUT2D eigenvalue weighted by molar-refractivity contribution is -0.136. The summed E-state index contributed by atoms with van der Waals surface area (Å²) in [4.78, 5) is 0. The fourth-order valence-corrected chi connectivity index (χ4v) is 2.52. The van der Waals surface area contributed by atoms with Crippen LogP contribution in [-0.2, 0) is 17.5 Å². The van der Waals surface area contributed by atoms with Gasteiger partial charge in [-0.05, 0) is 39.0 Å². The molecule has 0 unspecified atom stereocenters. The van der Waals surface area contributed by atoms with Gasteiger partial charge in [0.1, 0.15) is 0 Å². The van der Waals surface area contributed by atoms with Crippen molar-refractivity contribution in [3.63, 3.8) is 0 Å². The molecule has 0 aliphatic carbocycles. The molecule has 0 aliphatic heterocycles. The number of halogens is 3. The van der Waals surface area contributed by atoms with E-state index >= 15 is 0 Å². The van der Waals surface area contributed by atoms with Gasteiger partial charge in [-0.1, -0.05) is 0 Å². The first-order valence-electron chi connectivity index (χ1n) is 6.76. The average molecular weight is 310 g/mol. The van der Waals surface area contributed by atoms with Crippen molar-refractivity contribution in [2.24, 2.45) is 0 Å². The number of hydrogen-bond donors (Lipinski definition) is 0. The third kappa shape index (κ3) is 2.81. The minimum atomic E-state index is -4.57. The van der Waals surface area contributed by atoms with E-state index in [0.29, 0.717) is 17.8 Å². The fraction of sp³-hybridized carbons (Fsp3) is 0.438. The highest BCUT2D eigenvalue weighted by molar-refractivity contribution is 5.87. The maximum Gasteiger partial charge on any atom is 0.418 e. The van der Waals surface area contributed by atoms with Crippen molar-refractivity contribution in [1.29, 1.82) is 5.26 Å². The number of hydrogen-bond acceptors (Lipinski definition) is 2. The van der Waals surface area contributed by atoms with Gasteiger partial charge in [-0.3, -0.25) is 0 Å². The smallest absolute Gasteiger partial charge is 0.377 e. The van der Waals surface area contributed by atoms with Gasteiger partial charge in [0.25, 0.3) is 0 Å². The predicted molar refractivity (Wildman–Crippen MR) is 77.5 cm³/mol. The monoisotopic (exact) mass is 310 g/mol. The number of nitrogens with zero attached hydrogens (tertiary/aromatic N) is 2. The minimum Gasteiger partial charge on any atom is -0.377 e. The largest absolute Gasteiger partial charge is 0.418 e. The Morgan fingerprint density at radius 3 is 2.41 bits per heavy atom. The molecule has 0 saturated heterocycles. The molecule has 1 aromatic carbocycles. The molecule has 0 spiro atoms. The first kappa shape index (κ1) is 16.4. The van der Waals surface area contributed by atoms with E-state index in [4.69, 9.17) is 10.00 Å². The molecule has 0 aliphatic rings. The molecule has 0 fully saturated rings. The topological polar surface area (TPSA) is 38.0 Å². The summed E-state index contributed by atoms with van der Waals surface area (Å²) in [5, 5.41) is 9.02. The predicted octanol–water partition coefficient (Wildman–Crippen LogP) is 4.27. The molecular weight excluding hydrogens is 293 g/mol. The number of rotatable bonds is 3. The zero-order valence-electron chi connectivity index (χ0n) is 12.9. The number of ether oxygens (including phenoxy) is 1. The highest BCUT2D eigenvalue weighted by Gasteiger charge is 2.36. The fourth-order valence-electron chi connectivity index (χ4n) is 2.52. The van der Waals surface area contributed by atoms with Crippen LogP contribution in [0.1, 0.15) is 30.7 Å². The van der Waals surface area contributed by atoms with Crippen LogP contribution in [0.4, 0.5) is 13.2 Å². The van der Waals surface area contributed by atoms with E-state index in [2.05, 4.69) is 0 Å². The van der Waals surface area contributed by atoms with Crippen LogP contribution in [0.5, 0.6) is 0 Å². The molecule has 3 nitrogen and oxygen atoms in total. The summed E-state index contributed by atoms with van der Waals surface area (Å²) in [6.45, 7) is 5.90. The summed E-state index contributed by atoms with van der Waals surface area (Å²) < 4.78 is 47.1. The Labute approximate surface area is 126 Å². The van der Waals surface area contributed by atoms with E-state index in [1.54, 1.807) is 30.7 Å². The molecule has 0 N–H and O–H groups in total. The molecule has 1 aromatic heterocycles. The van der Waals surface area contributed by atoms with Crippen molar-refractivity contribution in [1.82, 2.24) is 4.57 Å². The quantitative estimate of drug-likeness (QED) is 0.849. The van der Waals surface area contributed by atoms with E-state index in [0.717, 1.165) is 0 Å². The Balaban J connectivity index is 2.75. The SMILES string of the molecule is COC(C)(C)Cn1c(C)cc2c(C(F)(F)F)c(C#N)ccc21. The summed E-state index contributed by atoms with van der Waals surface area (Å²) in [5.41, 5.74) is -0.592. The number of aromatic nitrogens is 1. The molecule has 2 aromatic rings. The van der Waals surface area contributed by atoms with Gasteiger partial charge in [-0.25, -0.2) is 0 Å². The summed E-state index contributed by atoms with van der Waals surface area (Å²) in [7, 11) is 1.57. The van der Waals surface area contributed by atoms with Crippen LogP contribution < -0.4 is 0 Å². The number of alkyl halides is 3. The molecule has 22 heavy (non-hydrogen) atoms. The van der Waals surface area contributed by atoms with Gasteiger partial charge >= 0.3 is 6.18 Å². The van der Waals surface area contributed by atoms with Crippen LogP contribution in [0.25, 0.3) is 10.9 Å². The minimum absolute atomic E-state index is 0.0518. The lowest BCUT2D eigenvalue weighted by atomic mass is 10.0. The summed E-state index contributed by atoms with van der Waals surface area (Å²) in [6.07, 6.45) is -4.57. The second-order valence-electron chi connectivity index (χ2n) is 5.87. The molecule has 0 radical (unpaired) electrons. The molecule has 1 heterocycles. The van der Waals surface area contributed by atoms with Crippen LogP contribution in [0.3, 0.4) is 0 Å². The Hall–Kier alpha value is -2.00. The van der Waals surface area contributed by atoms with E-state index < -0.39 is 17.3 Å². The van der Waals surface area contributed by atoms with E-state index in [-0.39, 0.29) is 10.9 Å². The third-order valence-corrected chi connectivity index (χ3v) is 3.79. The second kappa shape index (κ2) is 5.33. The summed E-state index contributed by atoms with van der Waals surface area (Å²) in [5.74, 6) is 0. The third-order valence-electron chi connectivity index (χ3n) is 3.79. The molecule has 118 valence electrons. The van der Waals surface area contributed by atoms with Crippen LogP contribution in [0, 0.1) is 18.3 Å². The molecular formula is C16H17F3N2O. The number of aryl methyl sites for hydroxylation is 1. The van der Waals surface area contributed by atoms with Crippen molar-refractivity contribution in [3.05, 3.63) is 35.0 Å². The Bertz CT molecular complexity index is 751. The van der Waals surface area contributed by atoms with Gasteiger partial charge in [0.2, 0.25) is 0 Å². The van der Waals surface area contributed by atoms with Gasteiger partial charge in [-0.15, -0.1) is 0 Å². The van der Waals surface area contributed by atoms with Gasteiger partial charge in [0, 0.05) is 23.7 Å². The number of methoxy groups -OCH3 is 1. The molecule has 0 amide bonds. The number of benzene rings is 1. The van der Waals surface area contributed by atoms with Crippen molar-refractivity contribution in [2.75, 3.05) is 7.11 Å². The van der Waals surface area contributed by atoms with Crippen molar-refractivity contribution >= 4 is 10.9 Å². The van der Waals surface area contributed by atoms with Crippen LogP contribution >= 0.6 is 0 Å². The zero-order valence-corrected chi connectivity index (χ0v) is 12.9. The maximum absolute atomic E-state index is 13.3. The van der Waals surface area contributed by atoms with Crippen LogP contribution in [0.15, 0.2) is 18.2 Å².